The smallest absolute Gasteiger partial charge is 0.259 e. The van der Waals surface area contributed by atoms with Crippen molar-refractivity contribution in [3.05, 3.63) is 40.8 Å². The van der Waals surface area contributed by atoms with Crippen LogP contribution in [0.25, 0.3) is 21.9 Å². The molecule has 0 saturated heterocycles. The second-order valence-corrected chi connectivity index (χ2v) is 3.63. The number of aromatic amines is 1. The number of fused-ring (bicyclic) bond motifs is 3. The van der Waals surface area contributed by atoms with E-state index >= 15 is 0 Å². The Kier molecular flexibility index (Phi) is 1.98. The summed E-state index contributed by atoms with van der Waals surface area (Å²) in [6, 6.07) is 7.17. The average Bonchev–Trinajstić information content (AvgIpc) is 2.68. The van der Waals surface area contributed by atoms with Crippen LogP contribution >= 0.6 is 9.47 Å². The van der Waals surface area contributed by atoms with E-state index in [0.717, 1.165) is 5.39 Å². The molecule has 0 aliphatic heterocycles. The van der Waals surface area contributed by atoms with E-state index in [0.29, 0.717) is 22.3 Å². The number of nitrogens with one attached hydrogen (secondary N) is 1. The van der Waals surface area contributed by atoms with Crippen LogP contribution in [0.4, 0.5) is 0 Å². The van der Waals surface area contributed by atoms with Crippen molar-refractivity contribution in [2.45, 2.75) is 0 Å². The van der Waals surface area contributed by atoms with Crippen LogP contribution in [0.2, 0.25) is 0 Å². The molecule has 0 amide bonds. The van der Waals surface area contributed by atoms with Gasteiger partial charge in [-0.05, 0) is 12.1 Å². The number of H-pyrrole nitrogens is 1. The summed E-state index contributed by atoms with van der Waals surface area (Å²) in [6.07, 6.45) is 1.56. The van der Waals surface area contributed by atoms with Gasteiger partial charge in [-0.15, -0.1) is 0 Å². The first kappa shape index (κ1) is 9.43. The fourth-order valence-electron chi connectivity index (χ4n) is 1.82. The van der Waals surface area contributed by atoms with E-state index in [-0.39, 0.29) is 5.56 Å². The Balaban J connectivity index is 2.61. The maximum Gasteiger partial charge on any atom is 0.259 e. The molecule has 2 heterocycles. The summed E-state index contributed by atoms with van der Waals surface area (Å²) in [4.78, 5) is 14.3. The van der Waals surface area contributed by atoms with E-state index in [2.05, 4.69) is 14.5 Å². The van der Waals surface area contributed by atoms with Gasteiger partial charge in [0.25, 0.3) is 5.56 Å². The normalized spacial score (nSPS) is 11.1. The molecule has 0 fully saturated rings. The van der Waals surface area contributed by atoms with Crippen molar-refractivity contribution >= 4 is 31.4 Å². The molecule has 0 aliphatic rings. The number of furan rings is 1. The third-order valence-electron chi connectivity index (χ3n) is 2.51. The Morgan fingerprint density at radius 1 is 1.31 bits per heavy atom. The quantitative estimate of drug-likeness (QED) is 0.657. The molecule has 1 N–H and O–H groups in total. The highest BCUT2D eigenvalue weighted by Gasteiger charge is 2.12. The van der Waals surface area contributed by atoms with Gasteiger partial charge in [-0.2, -0.15) is 0 Å². The Bertz CT molecular complexity index is 729. The second-order valence-electron chi connectivity index (χ2n) is 3.40. The molecule has 3 aromatic rings. The van der Waals surface area contributed by atoms with E-state index < -0.39 is 0 Å². The largest absolute Gasteiger partial charge is 0.476 e. The van der Waals surface area contributed by atoms with Crippen LogP contribution in [0, 0.1) is 0 Å². The lowest BCUT2D eigenvalue weighted by Gasteiger charge is -1.97. The molecule has 1 aromatic carbocycles. The minimum Gasteiger partial charge on any atom is -0.476 e. The lowest BCUT2D eigenvalue weighted by atomic mass is 10.2. The van der Waals surface area contributed by atoms with Crippen LogP contribution in [0.1, 0.15) is 0 Å². The fourth-order valence-corrected chi connectivity index (χ4v) is 2.01. The molecular formula is C11H8NO3P. The summed E-state index contributed by atoms with van der Waals surface area (Å²) in [7, 11) is 2.17. The monoisotopic (exact) mass is 233 g/mol. The van der Waals surface area contributed by atoms with Gasteiger partial charge in [0, 0.05) is 11.6 Å². The summed E-state index contributed by atoms with van der Waals surface area (Å²) in [5.41, 5.74) is 0.995. The van der Waals surface area contributed by atoms with Crippen molar-refractivity contribution in [1.29, 1.82) is 0 Å². The number of hydrogen-bond acceptors (Lipinski definition) is 3. The molecule has 0 bridgehead atoms. The van der Waals surface area contributed by atoms with E-state index in [9.17, 15) is 4.79 Å². The molecule has 5 heteroatoms. The number of para-hydroxylation sites is 1. The maximum absolute atomic E-state index is 11.7. The molecular weight excluding hydrogens is 225 g/mol. The van der Waals surface area contributed by atoms with Crippen LogP contribution in [-0.4, -0.2) is 4.98 Å². The minimum atomic E-state index is -0.155. The minimum absolute atomic E-state index is 0.155. The van der Waals surface area contributed by atoms with Gasteiger partial charge in [-0.25, -0.2) is 0 Å². The number of aromatic nitrogens is 1. The number of rotatable bonds is 1. The van der Waals surface area contributed by atoms with Crippen LogP contribution in [0.15, 0.2) is 39.7 Å². The zero-order valence-corrected chi connectivity index (χ0v) is 9.34. The summed E-state index contributed by atoms with van der Waals surface area (Å²) < 4.78 is 10.7. The van der Waals surface area contributed by atoms with Crippen molar-refractivity contribution in [3.63, 3.8) is 0 Å². The number of hydrogen-bond donors (Lipinski definition) is 1. The summed E-state index contributed by atoms with van der Waals surface area (Å²) in [5.74, 6) is 0.595. The average molecular weight is 233 g/mol. The molecule has 16 heavy (non-hydrogen) atoms. The predicted octanol–water partition coefficient (Wildman–Crippen LogP) is 2.44. The van der Waals surface area contributed by atoms with Gasteiger partial charge in [-0.1, -0.05) is 12.1 Å². The molecule has 1 atom stereocenters. The van der Waals surface area contributed by atoms with Crippen LogP contribution < -0.4 is 10.1 Å². The first-order valence-corrected chi connectivity index (χ1v) is 5.18. The molecule has 1 unspecified atom stereocenters. The lowest BCUT2D eigenvalue weighted by molar-refractivity contribution is 0.605. The van der Waals surface area contributed by atoms with Gasteiger partial charge >= 0.3 is 0 Å². The lowest BCUT2D eigenvalue weighted by Crippen LogP contribution is -2.02. The van der Waals surface area contributed by atoms with Gasteiger partial charge < -0.3 is 13.9 Å². The molecule has 4 nitrogen and oxygen atoms in total. The molecule has 2 aromatic heterocycles. The highest BCUT2D eigenvalue weighted by Crippen LogP contribution is 2.33. The zero-order valence-electron chi connectivity index (χ0n) is 8.19. The molecule has 0 aliphatic carbocycles. The summed E-state index contributed by atoms with van der Waals surface area (Å²) >= 11 is 0. The summed E-state index contributed by atoms with van der Waals surface area (Å²) in [5, 5.41) is 1.32. The van der Waals surface area contributed by atoms with Gasteiger partial charge in [0.2, 0.25) is 0 Å². The van der Waals surface area contributed by atoms with Crippen molar-refractivity contribution in [3.8, 4) is 5.75 Å². The Labute approximate surface area is 92.5 Å². The van der Waals surface area contributed by atoms with Crippen molar-refractivity contribution in [2.75, 3.05) is 0 Å². The van der Waals surface area contributed by atoms with Crippen molar-refractivity contribution < 1.29 is 8.94 Å². The van der Waals surface area contributed by atoms with Crippen molar-refractivity contribution in [1.82, 2.24) is 4.98 Å². The Hall–Kier alpha value is -1.80. The third-order valence-corrected chi connectivity index (χ3v) is 2.76. The highest BCUT2D eigenvalue weighted by molar-refractivity contribution is 7.10. The van der Waals surface area contributed by atoms with Gasteiger partial charge in [0.1, 0.15) is 5.58 Å². The Morgan fingerprint density at radius 3 is 3.00 bits per heavy atom. The van der Waals surface area contributed by atoms with Crippen LogP contribution in [0.3, 0.4) is 0 Å². The zero-order chi connectivity index (χ0) is 11.1. The maximum atomic E-state index is 11.7. The van der Waals surface area contributed by atoms with E-state index in [4.69, 9.17) is 8.94 Å². The first-order valence-electron chi connectivity index (χ1n) is 4.71. The fraction of sp³-hybridized carbons (Fsp3) is 0. The molecule has 3 rings (SSSR count). The topological polar surface area (TPSA) is 55.2 Å². The standard InChI is InChI=1S/C11H8NO3P/c13-11-9-6-2-1-3-8(15-16)10(6)14-7(9)4-5-12-11/h1-5H,16H2,(H,12,13). The van der Waals surface area contributed by atoms with Gasteiger partial charge in [-0.3, -0.25) is 4.79 Å². The van der Waals surface area contributed by atoms with Gasteiger partial charge in [0.15, 0.2) is 11.3 Å². The SMILES string of the molecule is O=c1[nH]ccc2oc3c(OP)cccc3c12. The molecule has 0 radical (unpaired) electrons. The molecule has 0 saturated carbocycles. The Morgan fingerprint density at radius 2 is 2.19 bits per heavy atom. The van der Waals surface area contributed by atoms with E-state index in [1.165, 1.54) is 0 Å². The van der Waals surface area contributed by atoms with E-state index in [1.807, 2.05) is 12.1 Å². The number of pyridine rings is 1. The van der Waals surface area contributed by atoms with Crippen LogP contribution in [0.5, 0.6) is 5.75 Å². The third kappa shape index (κ3) is 1.17. The highest BCUT2D eigenvalue weighted by atomic mass is 31.0. The predicted molar refractivity (Wildman–Crippen MR) is 64.7 cm³/mol. The van der Waals surface area contributed by atoms with E-state index in [1.54, 1.807) is 18.3 Å². The van der Waals surface area contributed by atoms with Crippen molar-refractivity contribution in [2.24, 2.45) is 0 Å². The molecule has 0 spiro atoms. The van der Waals surface area contributed by atoms with Gasteiger partial charge in [0.05, 0.1) is 14.9 Å². The second kappa shape index (κ2) is 3.35. The first-order chi connectivity index (χ1) is 7.81. The molecule has 80 valence electrons. The van der Waals surface area contributed by atoms with Crippen LogP contribution in [-0.2, 0) is 0 Å². The number of benzene rings is 1. The summed E-state index contributed by atoms with van der Waals surface area (Å²) in [6.45, 7) is 0.